The zero-order valence-electron chi connectivity index (χ0n) is 11.1. The summed E-state index contributed by atoms with van der Waals surface area (Å²) in [6.45, 7) is -0.240. The maximum absolute atomic E-state index is 12.3. The van der Waals surface area contributed by atoms with E-state index >= 15 is 0 Å². The average Bonchev–Trinajstić information content (AvgIpc) is 2.42. The van der Waals surface area contributed by atoms with Gasteiger partial charge in [0.15, 0.2) is 0 Å². The van der Waals surface area contributed by atoms with Crippen molar-refractivity contribution in [3.8, 4) is 0 Å². The number of aromatic nitrogens is 2. The number of halogens is 3. The first kappa shape index (κ1) is 15.0. The first-order valence-corrected chi connectivity index (χ1v) is 6.04. The van der Waals surface area contributed by atoms with Gasteiger partial charge in [-0.2, -0.15) is 13.2 Å². The van der Waals surface area contributed by atoms with Crippen molar-refractivity contribution in [1.82, 2.24) is 9.97 Å². The number of anilines is 1. The third-order valence-electron chi connectivity index (χ3n) is 2.95. The first-order valence-electron chi connectivity index (χ1n) is 6.04. The van der Waals surface area contributed by atoms with Crippen LogP contribution >= 0.6 is 0 Å². The number of nitrogens with zero attached hydrogens (tertiary/aromatic N) is 3. The molecule has 0 unspecified atom stereocenters. The summed E-state index contributed by atoms with van der Waals surface area (Å²) in [6.07, 6.45) is -4.00. The van der Waals surface area contributed by atoms with E-state index in [4.69, 9.17) is 5.11 Å². The molecule has 0 saturated heterocycles. The van der Waals surface area contributed by atoms with E-state index in [1.54, 1.807) is 0 Å². The minimum Gasteiger partial charge on any atom is -0.478 e. The Bertz CT molecular complexity index is 673. The summed E-state index contributed by atoms with van der Waals surface area (Å²) in [7, 11) is 1.50. The Balaban J connectivity index is 2.34. The van der Waals surface area contributed by atoms with Crippen LogP contribution in [0.2, 0.25) is 0 Å². The fraction of sp³-hybridized carbons (Fsp3) is 0.308. The second-order valence-electron chi connectivity index (χ2n) is 4.52. The predicted molar refractivity (Wildman–Crippen MR) is 70.4 cm³/mol. The smallest absolute Gasteiger partial charge is 0.390 e. The third kappa shape index (κ3) is 3.59. The highest BCUT2D eigenvalue weighted by atomic mass is 19.4. The standard InChI is InChI=1S/C13H12F3N3O2/c1-19(5-4-13(14,15)16)11-9-3-2-8(12(20)21)6-10(9)17-7-18-11/h2-3,6-7H,4-5H2,1H3,(H,20,21). The summed E-state index contributed by atoms with van der Waals surface area (Å²) in [6, 6.07) is 4.23. The van der Waals surface area contributed by atoms with Crippen LogP contribution in [0.4, 0.5) is 19.0 Å². The van der Waals surface area contributed by atoms with Gasteiger partial charge in [-0.3, -0.25) is 0 Å². The number of carboxylic acids is 1. The number of carbonyl (C=O) groups is 1. The molecule has 0 saturated carbocycles. The van der Waals surface area contributed by atoms with Crippen LogP contribution in [-0.2, 0) is 0 Å². The van der Waals surface area contributed by atoms with Crippen molar-refractivity contribution in [2.75, 3.05) is 18.5 Å². The minimum absolute atomic E-state index is 0.0603. The maximum Gasteiger partial charge on any atom is 0.390 e. The van der Waals surface area contributed by atoms with Crippen LogP contribution in [0.25, 0.3) is 10.9 Å². The van der Waals surface area contributed by atoms with Crippen LogP contribution in [0.5, 0.6) is 0 Å². The molecule has 0 radical (unpaired) electrons. The van der Waals surface area contributed by atoms with Gasteiger partial charge >= 0.3 is 12.1 Å². The summed E-state index contributed by atoms with van der Waals surface area (Å²) in [4.78, 5) is 20.2. The van der Waals surface area contributed by atoms with Gasteiger partial charge in [0.25, 0.3) is 0 Å². The van der Waals surface area contributed by atoms with Crippen LogP contribution in [-0.4, -0.2) is 40.8 Å². The van der Waals surface area contributed by atoms with Gasteiger partial charge in [0, 0.05) is 19.0 Å². The Labute approximate surface area is 118 Å². The molecule has 0 spiro atoms. The van der Waals surface area contributed by atoms with Crippen molar-refractivity contribution in [2.24, 2.45) is 0 Å². The lowest BCUT2D eigenvalue weighted by Crippen LogP contribution is -2.25. The molecule has 0 aliphatic heterocycles. The molecule has 0 aliphatic carbocycles. The van der Waals surface area contributed by atoms with Gasteiger partial charge in [-0.15, -0.1) is 0 Å². The molecule has 1 N–H and O–H groups in total. The summed E-state index contributed by atoms with van der Waals surface area (Å²) in [5.74, 6) is -0.760. The van der Waals surface area contributed by atoms with E-state index in [0.29, 0.717) is 16.7 Å². The average molecular weight is 299 g/mol. The molecular formula is C13H12F3N3O2. The van der Waals surface area contributed by atoms with Gasteiger partial charge in [-0.25, -0.2) is 14.8 Å². The lowest BCUT2D eigenvalue weighted by atomic mass is 10.1. The first-order chi connectivity index (χ1) is 9.78. The number of fused-ring (bicyclic) bond motifs is 1. The van der Waals surface area contributed by atoms with E-state index in [-0.39, 0.29) is 12.1 Å². The van der Waals surface area contributed by atoms with Gasteiger partial charge in [0.05, 0.1) is 17.5 Å². The van der Waals surface area contributed by atoms with E-state index in [9.17, 15) is 18.0 Å². The van der Waals surface area contributed by atoms with E-state index < -0.39 is 18.6 Å². The van der Waals surface area contributed by atoms with E-state index in [1.807, 2.05) is 0 Å². The molecule has 1 aromatic heterocycles. The Kier molecular flexibility index (Phi) is 3.97. The number of hydrogen-bond acceptors (Lipinski definition) is 4. The normalized spacial score (nSPS) is 11.6. The minimum atomic E-state index is -4.24. The Morgan fingerprint density at radius 1 is 1.33 bits per heavy atom. The number of hydrogen-bond donors (Lipinski definition) is 1. The van der Waals surface area contributed by atoms with Crippen molar-refractivity contribution in [3.05, 3.63) is 30.1 Å². The monoisotopic (exact) mass is 299 g/mol. The molecule has 5 nitrogen and oxygen atoms in total. The summed E-state index contributed by atoms with van der Waals surface area (Å²) in [5.41, 5.74) is 0.434. The molecule has 2 rings (SSSR count). The van der Waals surface area contributed by atoms with Gasteiger partial charge in [0.1, 0.15) is 12.1 Å². The van der Waals surface area contributed by atoms with Crippen LogP contribution < -0.4 is 4.90 Å². The van der Waals surface area contributed by atoms with Gasteiger partial charge in [-0.1, -0.05) is 0 Å². The fourth-order valence-corrected chi connectivity index (χ4v) is 1.88. The zero-order chi connectivity index (χ0) is 15.6. The van der Waals surface area contributed by atoms with Gasteiger partial charge in [-0.05, 0) is 18.2 Å². The molecule has 0 aliphatic rings. The Morgan fingerprint density at radius 2 is 2.05 bits per heavy atom. The second-order valence-corrected chi connectivity index (χ2v) is 4.52. The van der Waals surface area contributed by atoms with Crippen LogP contribution in [0.15, 0.2) is 24.5 Å². The van der Waals surface area contributed by atoms with Crippen molar-refractivity contribution >= 4 is 22.7 Å². The third-order valence-corrected chi connectivity index (χ3v) is 2.95. The lowest BCUT2D eigenvalue weighted by Gasteiger charge is -2.20. The predicted octanol–water partition coefficient (Wildman–Crippen LogP) is 2.72. The molecule has 112 valence electrons. The molecular weight excluding hydrogens is 287 g/mol. The molecule has 0 bridgehead atoms. The van der Waals surface area contributed by atoms with Crippen molar-refractivity contribution < 1.29 is 23.1 Å². The molecule has 1 heterocycles. The Hall–Kier alpha value is -2.38. The number of alkyl halides is 3. The van der Waals surface area contributed by atoms with Gasteiger partial charge in [0.2, 0.25) is 0 Å². The quantitative estimate of drug-likeness (QED) is 0.940. The van der Waals surface area contributed by atoms with E-state index in [1.165, 1.54) is 36.5 Å². The summed E-state index contributed by atoms with van der Waals surface area (Å²) in [5, 5.41) is 9.42. The second kappa shape index (κ2) is 5.55. The van der Waals surface area contributed by atoms with Crippen molar-refractivity contribution in [3.63, 3.8) is 0 Å². The highest BCUT2D eigenvalue weighted by Gasteiger charge is 2.27. The highest BCUT2D eigenvalue weighted by Crippen LogP contribution is 2.25. The zero-order valence-corrected chi connectivity index (χ0v) is 11.1. The van der Waals surface area contributed by atoms with Crippen LogP contribution in [0, 0.1) is 0 Å². The fourth-order valence-electron chi connectivity index (χ4n) is 1.88. The molecule has 2 aromatic rings. The highest BCUT2D eigenvalue weighted by molar-refractivity contribution is 5.96. The topological polar surface area (TPSA) is 66.3 Å². The maximum atomic E-state index is 12.3. The SMILES string of the molecule is CN(CCC(F)(F)F)c1ncnc2cc(C(=O)O)ccc12. The largest absolute Gasteiger partial charge is 0.478 e. The molecule has 0 amide bonds. The number of rotatable bonds is 4. The van der Waals surface area contributed by atoms with Crippen molar-refractivity contribution in [1.29, 1.82) is 0 Å². The van der Waals surface area contributed by atoms with E-state index in [2.05, 4.69) is 9.97 Å². The molecule has 0 fully saturated rings. The number of aromatic carboxylic acids is 1. The summed E-state index contributed by atoms with van der Waals surface area (Å²) < 4.78 is 36.8. The number of carboxylic acid groups (broad SMARTS) is 1. The van der Waals surface area contributed by atoms with Crippen LogP contribution in [0.1, 0.15) is 16.8 Å². The van der Waals surface area contributed by atoms with Crippen molar-refractivity contribution in [2.45, 2.75) is 12.6 Å². The lowest BCUT2D eigenvalue weighted by molar-refractivity contribution is -0.132. The molecule has 0 atom stereocenters. The molecule has 21 heavy (non-hydrogen) atoms. The van der Waals surface area contributed by atoms with E-state index in [0.717, 1.165) is 0 Å². The summed E-state index contributed by atoms with van der Waals surface area (Å²) >= 11 is 0. The molecule has 8 heteroatoms. The van der Waals surface area contributed by atoms with Crippen LogP contribution in [0.3, 0.4) is 0 Å². The molecule has 1 aromatic carbocycles. The number of benzene rings is 1. The Morgan fingerprint density at radius 3 is 2.67 bits per heavy atom. The van der Waals surface area contributed by atoms with Gasteiger partial charge < -0.3 is 10.0 Å².